The van der Waals surface area contributed by atoms with Crippen LogP contribution < -0.4 is 20.5 Å². The summed E-state index contributed by atoms with van der Waals surface area (Å²) in [6.07, 6.45) is -0.0233. The summed E-state index contributed by atoms with van der Waals surface area (Å²) in [5, 5.41) is 2.86. The molecule has 0 radical (unpaired) electrons. The SMILES string of the molecule is CC(C)Oc1cc(Br)ccc1C(=O)Nc1ccc(OCCN)cc1.Cl. The Morgan fingerprint density at radius 1 is 1.20 bits per heavy atom. The molecule has 0 heterocycles. The normalized spacial score (nSPS) is 10.1. The van der Waals surface area contributed by atoms with Gasteiger partial charge in [0, 0.05) is 16.7 Å². The number of benzene rings is 2. The number of amides is 1. The molecule has 0 fully saturated rings. The standard InChI is InChI=1S/C18H21BrN2O3.ClH/c1-12(2)24-17-11-13(19)3-8-16(17)18(22)21-14-4-6-15(7-5-14)23-10-9-20;/h3-8,11-12H,9-10,20H2,1-2H3,(H,21,22);1H. The molecule has 2 aromatic rings. The minimum Gasteiger partial charge on any atom is -0.492 e. The topological polar surface area (TPSA) is 73.6 Å². The highest BCUT2D eigenvalue weighted by Crippen LogP contribution is 2.26. The number of hydrogen-bond acceptors (Lipinski definition) is 4. The van der Waals surface area contributed by atoms with Crippen molar-refractivity contribution < 1.29 is 14.3 Å². The lowest BCUT2D eigenvalue weighted by molar-refractivity contribution is 0.102. The van der Waals surface area contributed by atoms with Gasteiger partial charge in [0.2, 0.25) is 0 Å². The van der Waals surface area contributed by atoms with Crippen LogP contribution in [0.25, 0.3) is 0 Å². The van der Waals surface area contributed by atoms with Crippen molar-refractivity contribution in [1.29, 1.82) is 0 Å². The van der Waals surface area contributed by atoms with Gasteiger partial charge in [-0.15, -0.1) is 12.4 Å². The van der Waals surface area contributed by atoms with E-state index in [9.17, 15) is 4.79 Å². The maximum atomic E-state index is 12.5. The Kier molecular flexibility index (Phi) is 8.75. The predicted octanol–water partition coefficient (Wildman–Crippen LogP) is 4.25. The maximum Gasteiger partial charge on any atom is 0.259 e. The maximum absolute atomic E-state index is 12.5. The van der Waals surface area contributed by atoms with Crippen LogP contribution in [0.5, 0.6) is 11.5 Å². The summed E-state index contributed by atoms with van der Waals surface area (Å²) >= 11 is 3.40. The van der Waals surface area contributed by atoms with Gasteiger partial charge in [-0.05, 0) is 56.3 Å². The molecule has 0 saturated heterocycles. The van der Waals surface area contributed by atoms with Crippen molar-refractivity contribution in [2.75, 3.05) is 18.5 Å². The Hall–Kier alpha value is -1.76. The second kappa shape index (κ2) is 10.3. The minimum atomic E-state index is -0.228. The van der Waals surface area contributed by atoms with E-state index in [1.165, 1.54) is 0 Å². The number of rotatable bonds is 7. The number of hydrogen-bond donors (Lipinski definition) is 2. The summed E-state index contributed by atoms with van der Waals surface area (Å²) in [6, 6.07) is 12.5. The number of anilines is 1. The van der Waals surface area contributed by atoms with Gasteiger partial charge >= 0.3 is 0 Å². The molecule has 2 rings (SSSR count). The number of nitrogens with one attached hydrogen (secondary N) is 1. The van der Waals surface area contributed by atoms with E-state index in [1.54, 1.807) is 36.4 Å². The van der Waals surface area contributed by atoms with Crippen LogP contribution in [0.4, 0.5) is 5.69 Å². The first-order valence-electron chi connectivity index (χ1n) is 7.70. The van der Waals surface area contributed by atoms with E-state index in [0.717, 1.165) is 4.47 Å². The Morgan fingerprint density at radius 3 is 2.48 bits per heavy atom. The predicted molar refractivity (Wildman–Crippen MR) is 106 cm³/mol. The van der Waals surface area contributed by atoms with Crippen LogP contribution in [0.15, 0.2) is 46.9 Å². The molecule has 0 saturated carbocycles. The number of ether oxygens (including phenoxy) is 2. The molecule has 0 aliphatic rings. The molecule has 0 aliphatic heterocycles. The van der Waals surface area contributed by atoms with Gasteiger partial charge in [0.05, 0.1) is 11.7 Å². The van der Waals surface area contributed by atoms with Gasteiger partial charge in [-0.2, -0.15) is 0 Å². The van der Waals surface area contributed by atoms with Crippen LogP contribution in [-0.2, 0) is 0 Å². The summed E-state index contributed by atoms with van der Waals surface area (Å²) < 4.78 is 12.0. The summed E-state index contributed by atoms with van der Waals surface area (Å²) in [5.41, 5.74) is 6.56. The lowest BCUT2D eigenvalue weighted by atomic mass is 10.1. The third-order valence-electron chi connectivity index (χ3n) is 3.05. The minimum absolute atomic E-state index is 0. The van der Waals surface area contributed by atoms with Crippen molar-refractivity contribution in [3.8, 4) is 11.5 Å². The average molecular weight is 430 g/mol. The van der Waals surface area contributed by atoms with E-state index in [-0.39, 0.29) is 24.4 Å². The number of nitrogens with two attached hydrogens (primary N) is 1. The summed E-state index contributed by atoms with van der Waals surface area (Å²) in [7, 11) is 0. The van der Waals surface area contributed by atoms with Gasteiger partial charge in [0.15, 0.2) is 0 Å². The van der Waals surface area contributed by atoms with E-state index in [0.29, 0.717) is 35.9 Å². The molecule has 136 valence electrons. The molecule has 0 unspecified atom stereocenters. The van der Waals surface area contributed by atoms with E-state index < -0.39 is 0 Å². The summed E-state index contributed by atoms with van der Waals surface area (Å²) in [6.45, 7) is 4.76. The van der Waals surface area contributed by atoms with Gasteiger partial charge in [-0.25, -0.2) is 0 Å². The first kappa shape index (κ1) is 21.3. The largest absolute Gasteiger partial charge is 0.492 e. The van der Waals surface area contributed by atoms with Crippen LogP contribution in [0.1, 0.15) is 24.2 Å². The monoisotopic (exact) mass is 428 g/mol. The quantitative estimate of drug-likeness (QED) is 0.690. The van der Waals surface area contributed by atoms with E-state index in [4.69, 9.17) is 15.2 Å². The van der Waals surface area contributed by atoms with Crippen LogP contribution in [0.2, 0.25) is 0 Å². The van der Waals surface area contributed by atoms with Gasteiger partial charge in [0.1, 0.15) is 18.1 Å². The highest BCUT2D eigenvalue weighted by molar-refractivity contribution is 9.10. The van der Waals surface area contributed by atoms with Crippen molar-refractivity contribution in [3.05, 3.63) is 52.5 Å². The lowest BCUT2D eigenvalue weighted by Crippen LogP contribution is -2.16. The molecule has 5 nitrogen and oxygen atoms in total. The average Bonchev–Trinajstić information content (AvgIpc) is 2.53. The van der Waals surface area contributed by atoms with Crippen LogP contribution in [0.3, 0.4) is 0 Å². The number of carbonyl (C=O) groups excluding carboxylic acids is 1. The summed E-state index contributed by atoms with van der Waals surface area (Å²) in [4.78, 5) is 12.5. The zero-order valence-electron chi connectivity index (χ0n) is 14.1. The van der Waals surface area contributed by atoms with Gasteiger partial charge in [0.25, 0.3) is 5.91 Å². The number of carbonyl (C=O) groups is 1. The van der Waals surface area contributed by atoms with Crippen LogP contribution in [0, 0.1) is 0 Å². The molecular weight excluding hydrogens is 408 g/mol. The Bertz CT molecular complexity index is 693. The van der Waals surface area contributed by atoms with E-state index in [2.05, 4.69) is 21.2 Å². The molecule has 0 aromatic heterocycles. The molecule has 2 aromatic carbocycles. The molecule has 1 amide bonds. The van der Waals surface area contributed by atoms with Gasteiger partial charge in [-0.3, -0.25) is 4.79 Å². The van der Waals surface area contributed by atoms with Crippen LogP contribution >= 0.6 is 28.3 Å². The van der Waals surface area contributed by atoms with Crippen molar-refractivity contribution in [2.24, 2.45) is 5.73 Å². The molecule has 0 atom stereocenters. The molecule has 0 bridgehead atoms. The van der Waals surface area contributed by atoms with Crippen LogP contribution in [-0.4, -0.2) is 25.2 Å². The zero-order chi connectivity index (χ0) is 17.5. The van der Waals surface area contributed by atoms with Crippen molar-refractivity contribution >= 4 is 39.9 Å². The fourth-order valence-corrected chi connectivity index (χ4v) is 2.38. The molecule has 3 N–H and O–H groups in total. The lowest BCUT2D eigenvalue weighted by Gasteiger charge is -2.15. The first-order valence-corrected chi connectivity index (χ1v) is 8.49. The van der Waals surface area contributed by atoms with Crippen molar-refractivity contribution in [2.45, 2.75) is 20.0 Å². The second-order valence-electron chi connectivity index (χ2n) is 5.42. The Balaban J connectivity index is 0.00000312. The number of halogens is 2. The smallest absolute Gasteiger partial charge is 0.259 e. The highest BCUT2D eigenvalue weighted by atomic mass is 79.9. The molecule has 0 spiro atoms. The third kappa shape index (κ3) is 6.57. The fourth-order valence-electron chi connectivity index (χ4n) is 2.04. The molecular formula is C18H22BrClN2O3. The molecule has 25 heavy (non-hydrogen) atoms. The van der Waals surface area contributed by atoms with E-state index >= 15 is 0 Å². The Labute approximate surface area is 162 Å². The van der Waals surface area contributed by atoms with Crippen molar-refractivity contribution in [3.63, 3.8) is 0 Å². The zero-order valence-corrected chi connectivity index (χ0v) is 16.5. The van der Waals surface area contributed by atoms with Gasteiger partial charge in [-0.1, -0.05) is 15.9 Å². The van der Waals surface area contributed by atoms with Gasteiger partial charge < -0.3 is 20.5 Å². The highest BCUT2D eigenvalue weighted by Gasteiger charge is 2.14. The van der Waals surface area contributed by atoms with Crippen molar-refractivity contribution in [1.82, 2.24) is 0 Å². The first-order chi connectivity index (χ1) is 11.5. The Morgan fingerprint density at radius 2 is 1.88 bits per heavy atom. The summed E-state index contributed by atoms with van der Waals surface area (Å²) in [5.74, 6) is 1.03. The third-order valence-corrected chi connectivity index (χ3v) is 3.54. The fraction of sp³-hybridized carbons (Fsp3) is 0.278. The van der Waals surface area contributed by atoms with E-state index in [1.807, 2.05) is 19.9 Å². The molecule has 0 aliphatic carbocycles. The second-order valence-corrected chi connectivity index (χ2v) is 6.34. The molecule has 7 heteroatoms.